The average Bonchev–Trinajstić information content (AvgIpc) is 2.73. The SMILES string of the molecule is CCc1ccccc1NC(=O)C1CCN(C(=O)NCc2ccccc2)CC1. The zero-order valence-corrected chi connectivity index (χ0v) is 15.8. The van der Waals surface area contributed by atoms with E-state index in [1.807, 2.05) is 54.6 Å². The molecule has 0 saturated carbocycles. The van der Waals surface area contributed by atoms with Crippen molar-refractivity contribution in [3.63, 3.8) is 0 Å². The standard InChI is InChI=1S/C22H27N3O2/c1-2-18-10-6-7-11-20(18)24-21(26)19-12-14-25(15-13-19)22(27)23-16-17-8-4-3-5-9-17/h3-11,19H,2,12-16H2,1H3,(H,23,27)(H,24,26). The Morgan fingerprint density at radius 1 is 1.00 bits per heavy atom. The van der Waals surface area contributed by atoms with Crippen molar-refractivity contribution in [2.24, 2.45) is 5.92 Å². The van der Waals surface area contributed by atoms with Crippen LogP contribution in [0.25, 0.3) is 0 Å². The van der Waals surface area contributed by atoms with Gasteiger partial charge in [-0.1, -0.05) is 55.5 Å². The highest BCUT2D eigenvalue weighted by atomic mass is 16.2. The van der Waals surface area contributed by atoms with Crippen molar-refractivity contribution in [3.05, 3.63) is 65.7 Å². The lowest BCUT2D eigenvalue weighted by atomic mass is 9.95. The molecule has 0 aliphatic carbocycles. The summed E-state index contributed by atoms with van der Waals surface area (Å²) >= 11 is 0. The van der Waals surface area contributed by atoms with Crippen LogP contribution in [0.1, 0.15) is 30.9 Å². The van der Waals surface area contributed by atoms with Crippen LogP contribution in [-0.2, 0) is 17.8 Å². The molecule has 1 aliphatic heterocycles. The van der Waals surface area contributed by atoms with Gasteiger partial charge in [0.25, 0.3) is 0 Å². The first-order chi connectivity index (χ1) is 13.2. The highest BCUT2D eigenvalue weighted by Gasteiger charge is 2.27. The number of carbonyl (C=O) groups is 2. The number of urea groups is 1. The van der Waals surface area contributed by atoms with Gasteiger partial charge in [0.15, 0.2) is 0 Å². The number of rotatable bonds is 5. The molecule has 0 unspecified atom stereocenters. The summed E-state index contributed by atoms with van der Waals surface area (Å²) in [6, 6.07) is 17.7. The number of aryl methyl sites for hydroxylation is 1. The molecule has 2 N–H and O–H groups in total. The first-order valence-electron chi connectivity index (χ1n) is 9.63. The zero-order chi connectivity index (χ0) is 19.1. The molecule has 3 rings (SSSR count). The summed E-state index contributed by atoms with van der Waals surface area (Å²) in [5, 5.41) is 6.02. The predicted octanol–water partition coefficient (Wildman–Crippen LogP) is 3.81. The molecule has 5 nitrogen and oxygen atoms in total. The van der Waals surface area contributed by atoms with Crippen molar-refractivity contribution in [2.45, 2.75) is 32.7 Å². The number of nitrogens with one attached hydrogen (secondary N) is 2. The Morgan fingerprint density at radius 2 is 1.67 bits per heavy atom. The van der Waals surface area contributed by atoms with E-state index in [-0.39, 0.29) is 17.9 Å². The second-order valence-electron chi connectivity index (χ2n) is 6.91. The lowest BCUT2D eigenvalue weighted by molar-refractivity contribution is -0.121. The molecule has 2 aromatic rings. The summed E-state index contributed by atoms with van der Waals surface area (Å²) in [7, 11) is 0. The Kier molecular flexibility index (Phi) is 6.47. The Labute approximate surface area is 160 Å². The summed E-state index contributed by atoms with van der Waals surface area (Å²) < 4.78 is 0. The summed E-state index contributed by atoms with van der Waals surface area (Å²) in [4.78, 5) is 26.7. The molecule has 0 aromatic heterocycles. The number of piperidine rings is 1. The molecule has 1 fully saturated rings. The molecule has 2 aromatic carbocycles. The number of hydrogen-bond donors (Lipinski definition) is 2. The van der Waals surface area contributed by atoms with Crippen LogP contribution in [0.3, 0.4) is 0 Å². The summed E-state index contributed by atoms with van der Waals surface area (Å²) in [5.41, 5.74) is 3.12. The van der Waals surface area contributed by atoms with Crippen LogP contribution < -0.4 is 10.6 Å². The fraction of sp³-hybridized carbons (Fsp3) is 0.364. The molecule has 0 atom stereocenters. The number of nitrogens with zero attached hydrogens (tertiary/aromatic N) is 1. The lowest BCUT2D eigenvalue weighted by Gasteiger charge is -2.31. The Balaban J connectivity index is 1.46. The number of anilines is 1. The second-order valence-corrected chi connectivity index (χ2v) is 6.91. The fourth-order valence-corrected chi connectivity index (χ4v) is 3.42. The highest BCUT2D eigenvalue weighted by Crippen LogP contribution is 2.21. The van der Waals surface area contributed by atoms with E-state index in [1.165, 1.54) is 0 Å². The summed E-state index contributed by atoms with van der Waals surface area (Å²) in [6.07, 6.45) is 2.27. The average molecular weight is 365 g/mol. The van der Waals surface area contributed by atoms with Gasteiger partial charge in [-0.05, 0) is 36.5 Å². The number of carbonyl (C=O) groups excluding carboxylic acids is 2. The van der Waals surface area contributed by atoms with Gasteiger partial charge in [-0.3, -0.25) is 4.79 Å². The van der Waals surface area contributed by atoms with Gasteiger partial charge in [0.1, 0.15) is 0 Å². The number of likely N-dealkylation sites (tertiary alicyclic amines) is 1. The third-order valence-corrected chi connectivity index (χ3v) is 5.10. The zero-order valence-electron chi connectivity index (χ0n) is 15.8. The molecular weight excluding hydrogens is 338 g/mol. The van der Waals surface area contributed by atoms with E-state index in [2.05, 4.69) is 17.6 Å². The normalized spacial score (nSPS) is 14.6. The molecule has 1 heterocycles. The van der Waals surface area contributed by atoms with Crippen molar-refractivity contribution in [3.8, 4) is 0 Å². The van der Waals surface area contributed by atoms with Crippen molar-refractivity contribution in [1.82, 2.24) is 10.2 Å². The molecule has 0 bridgehead atoms. The van der Waals surface area contributed by atoms with Crippen LogP contribution in [0.15, 0.2) is 54.6 Å². The fourth-order valence-electron chi connectivity index (χ4n) is 3.42. The van der Waals surface area contributed by atoms with E-state index in [9.17, 15) is 9.59 Å². The van der Waals surface area contributed by atoms with E-state index in [4.69, 9.17) is 0 Å². The molecule has 1 saturated heterocycles. The Hall–Kier alpha value is -2.82. The van der Waals surface area contributed by atoms with E-state index in [1.54, 1.807) is 4.90 Å². The first kappa shape index (κ1) is 19.0. The van der Waals surface area contributed by atoms with Crippen LogP contribution in [0.4, 0.5) is 10.5 Å². The molecule has 142 valence electrons. The predicted molar refractivity (Wildman–Crippen MR) is 107 cm³/mol. The third-order valence-electron chi connectivity index (χ3n) is 5.10. The summed E-state index contributed by atoms with van der Waals surface area (Å²) in [6.45, 7) is 3.81. The third kappa shape index (κ3) is 5.09. The minimum absolute atomic E-state index is 0.0481. The largest absolute Gasteiger partial charge is 0.334 e. The monoisotopic (exact) mass is 365 g/mol. The maximum absolute atomic E-state index is 12.6. The molecule has 0 radical (unpaired) electrons. The molecule has 1 aliphatic rings. The van der Waals surface area contributed by atoms with Crippen molar-refractivity contribution in [1.29, 1.82) is 0 Å². The van der Waals surface area contributed by atoms with Crippen LogP contribution in [0.2, 0.25) is 0 Å². The number of benzene rings is 2. The number of amides is 3. The maximum Gasteiger partial charge on any atom is 0.317 e. The number of hydrogen-bond acceptors (Lipinski definition) is 2. The minimum atomic E-state index is -0.0611. The summed E-state index contributed by atoms with van der Waals surface area (Å²) in [5.74, 6) is 0.00771. The van der Waals surface area contributed by atoms with Gasteiger partial charge in [0, 0.05) is 31.2 Å². The molecule has 3 amide bonds. The Morgan fingerprint density at radius 3 is 2.37 bits per heavy atom. The first-order valence-corrected chi connectivity index (χ1v) is 9.63. The molecule has 0 spiro atoms. The molecule has 27 heavy (non-hydrogen) atoms. The van der Waals surface area contributed by atoms with Gasteiger partial charge in [-0.15, -0.1) is 0 Å². The number of para-hydroxylation sites is 1. The second kappa shape index (κ2) is 9.21. The molecule has 5 heteroatoms. The van der Waals surface area contributed by atoms with Crippen LogP contribution >= 0.6 is 0 Å². The van der Waals surface area contributed by atoms with Crippen LogP contribution in [0.5, 0.6) is 0 Å². The van der Waals surface area contributed by atoms with Gasteiger partial charge in [-0.25, -0.2) is 4.79 Å². The van der Waals surface area contributed by atoms with Gasteiger partial charge >= 0.3 is 6.03 Å². The van der Waals surface area contributed by atoms with E-state index >= 15 is 0 Å². The Bertz CT molecular complexity index is 768. The quantitative estimate of drug-likeness (QED) is 0.846. The van der Waals surface area contributed by atoms with Crippen molar-refractivity contribution >= 4 is 17.6 Å². The van der Waals surface area contributed by atoms with Gasteiger partial charge in [0.2, 0.25) is 5.91 Å². The van der Waals surface area contributed by atoms with Gasteiger partial charge < -0.3 is 15.5 Å². The topological polar surface area (TPSA) is 61.4 Å². The van der Waals surface area contributed by atoms with Crippen LogP contribution in [-0.4, -0.2) is 29.9 Å². The van der Waals surface area contributed by atoms with E-state index in [0.29, 0.717) is 32.5 Å². The van der Waals surface area contributed by atoms with Gasteiger partial charge in [-0.2, -0.15) is 0 Å². The van der Waals surface area contributed by atoms with Crippen molar-refractivity contribution in [2.75, 3.05) is 18.4 Å². The maximum atomic E-state index is 12.6. The minimum Gasteiger partial charge on any atom is -0.334 e. The molecular formula is C22H27N3O2. The van der Waals surface area contributed by atoms with Gasteiger partial charge in [0.05, 0.1) is 0 Å². The highest BCUT2D eigenvalue weighted by molar-refractivity contribution is 5.93. The van der Waals surface area contributed by atoms with E-state index < -0.39 is 0 Å². The van der Waals surface area contributed by atoms with E-state index in [0.717, 1.165) is 23.2 Å². The van der Waals surface area contributed by atoms with Crippen LogP contribution in [0, 0.1) is 5.92 Å². The smallest absolute Gasteiger partial charge is 0.317 e. The van der Waals surface area contributed by atoms with Crippen molar-refractivity contribution < 1.29 is 9.59 Å². The lowest BCUT2D eigenvalue weighted by Crippen LogP contribution is -2.45.